The maximum absolute atomic E-state index is 5.43. The number of hydrogen-bond donors (Lipinski definition) is 0. The predicted octanol–water partition coefficient (Wildman–Crippen LogP) is 0.935. The second-order valence-corrected chi connectivity index (χ2v) is 4.99. The van der Waals surface area contributed by atoms with Gasteiger partial charge in [0.1, 0.15) is 12.1 Å². The Hall–Kier alpha value is -2.31. The Balaban J connectivity index is 1.64. The van der Waals surface area contributed by atoms with Gasteiger partial charge in [-0.3, -0.25) is 4.68 Å². The third kappa shape index (κ3) is 3.07. The van der Waals surface area contributed by atoms with Crippen LogP contribution in [0, 0.1) is 0 Å². The molecule has 1 aliphatic heterocycles. The molecule has 21 heavy (non-hydrogen) atoms. The van der Waals surface area contributed by atoms with Crippen LogP contribution in [0.1, 0.15) is 6.92 Å². The van der Waals surface area contributed by atoms with Gasteiger partial charge >= 0.3 is 0 Å². The Bertz CT molecular complexity index is 591. The van der Waals surface area contributed by atoms with Crippen LogP contribution < -0.4 is 14.5 Å². The lowest BCUT2D eigenvalue weighted by molar-refractivity contribution is 0.326. The summed E-state index contributed by atoms with van der Waals surface area (Å²) in [6.45, 7) is 6.34. The van der Waals surface area contributed by atoms with Crippen molar-refractivity contribution in [2.75, 3.05) is 42.6 Å². The monoisotopic (exact) mass is 288 g/mol. The van der Waals surface area contributed by atoms with Gasteiger partial charge in [-0.1, -0.05) is 0 Å². The molecule has 0 spiro atoms. The number of aryl methyl sites for hydroxylation is 1. The van der Waals surface area contributed by atoms with E-state index in [4.69, 9.17) is 4.74 Å². The van der Waals surface area contributed by atoms with E-state index in [1.807, 2.05) is 37.1 Å². The largest absolute Gasteiger partial charge is 0.478 e. The van der Waals surface area contributed by atoms with E-state index in [0.29, 0.717) is 12.5 Å². The van der Waals surface area contributed by atoms with Crippen LogP contribution in [0.5, 0.6) is 5.88 Å². The van der Waals surface area contributed by atoms with Crippen LogP contribution in [0.3, 0.4) is 0 Å². The molecule has 2 aromatic heterocycles. The first-order chi connectivity index (χ1) is 10.3. The Morgan fingerprint density at radius 2 is 1.90 bits per heavy atom. The molecule has 1 saturated heterocycles. The van der Waals surface area contributed by atoms with E-state index in [0.717, 1.165) is 32.0 Å². The molecule has 0 unspecified atom stereocenters. The van der Waals surface area contributed by atoms with E-state index in [-0.39, 0.29) is 0 Å². The van der Waals surface area contributed by atoms with Gasteiger partial charge in [-0.25, -0.2) is 9.97 Å². The number of rotatable bonds is 4. The van der Waals surface area contributed by atoms with Crippen molar-refractivity contribution in [3.8, 4) is 5.88 Å². The lowest BCUT2D eigenvalue weighted by atomic mass is 10.3. The summed E-state index contributed by atoms with van der Waals surface area (Å²) in [5.41, 5.74) is 1.18. The van der Waals surface area contributed by atoms with Crippen LogP contribution in [0.2, 0.25) is 0 Å². The summed E-state index contributed by atoms with van der Waals surface area (Å²) in [6.07, 6.45) is 5.52. The van der Waals surface area contributed by atoms with E-state index in [9.17, 15) is 0 Å². The molecule has 3 heterocycles. The van der Waals surface area contributed by atoms with Crippen LogP contribution in [0.4, 0.5) is 11.5 Å². The highest BCUT2D eigenvalue weighted by molar-refractivity contribution is 5.47. The van der Waals surface area contributed by atoms with E-state index in [2.05, 4.69) is 24.9 Å². The van der Waals surface area contributed by atoms with Crippen molar-refractivity contribution in [2.24, 2.45) is 7.05 Å². The fourth-order valence-corrected chi connectivity index (χ4v) is 2.50. The molecular formula is C14H20N6O. The average molecular weight is 288 g/mol. The minimum Gasteiger partial charge on any atom is -0.478 e. The quantitative estimate of drug-likeness (QED) is 0.834. The van der Waals surface area contributed by atoms with Crippen molar-refractivity contribution in [1.29, 1.82) is 0 Å². The SMILES string of the molecule is CCOc1cc(N2CCN(c3cnn(C)c3)CC2)ncn1. The van der Waals surface area contributed by atoms with Crippen molar-refractivity contribution in [3.05, 3.63) is 24.8 Å². The molecule has 0 saturated carbocycles. The van der Waals surface area contributed by atoms with Crippen molar-refractivity contribution in [3.63, 3.8) is 0 Å². The Morgan fingerprint density at radius 3 is 2.57 bits per heavy atom. The zero-order chi connectivity index (χ0) is 14.7. The second-order valence-electron chi connectivity index (χ2n) is 4.99. The molecule has 0 atom stereocenters. The van der Waals surface area contributed by atoms with Gasteiger partial charge in [0.25, 0.3) is 0 Å². The number of aromatic nitrogens is 4. The highest BCUT2D eigenvalue weighted by Gasteiger charge is 2.19. The minimum atomic E-state index is 0.616. The fourth-order valence-electron chi connectivity index (χ4n) is 2.50. The normalized spacial score (nSPS) is 15.3. The molecule has 2 aromatic rings. The van der Waals surface area contributed by atoms with Crippen LogP contribution in [0.25, 0.3) is 0 Å². The summed E-state index contributed by atoms with van der Waals surface area (Å²) in [5, 5.41) is 4.23. The van der Waals surface area contributed by atoms with Gasteiger partial charge in [0, 0.05) is 45.5 Å². The van der Waals surface area contributed by atoms with Crippen LogP contribution >= 0.6 is 0 Å². The molecule has 0 amide bonds. The van der Waals surface area contributed by atoms with Crippen molar-refractivity contribution >= 4 is 11.5 Å². The summed E-state index contributed by atoms with van der Waals surface area (Å²) < 4.78 is 7.27. The van der Waals surface area contributed by atoms with E-state index in [1.54, 1.807) is 6.33 Å². The number of nitrogens with zero attached hydrogens (tertiary/aromatic N) is 6. The number of ether oxygens (including phenoxy) is 1. The van der Waals surface area contributed by atoms with Gasteiger partial charge in [0.2, 0.25) is 5.88 Å². The first kappa shape index (κ1) is 13.7. The van der Waals surface area contributed by atoms with E-state index in [1.165, 1.54) is 5.69 Å². The molecule has 1 aliphatic rings. The van der Waals surface area contributed by atoms with Gasteiger partial charge in [0.15, 0.2) is 0 Å². The first-order valence-corrected chi connectivity index (χ1v) is 7.19. The number of hydrogen-bond acceptors (Lipinski definition) is 6. The lowest BCUT2D eigenvalue weighted by Crippen LogP contribution is -2.46. The Morgan fingerprint density at radius 1 is 1.14 bits per heavy atom. The Kier molecular flexibility index (Phi) is 3.89. The zero-order valence-corrected chi connectivity index (χ0v) is 12.4. The minimum absolute atomic E-state index is 0.616. The lowest BCUT2D eigenvalue weighted by Gasteiger charge is -2.35. The smallest absolute Gasteiger partial charge is 0.218 e. The van der Waals surface area contributed by atoms with Crippen LogP contribution in [-0.2, 0) is 7.05 Å². The topological polar surface area (TPSA) is 59.3 Å². The van der Waals surface area contributed by atoms with Crippen molar-refractivity contribution in [2.45, 2.75) is 6.92 Å². The molecule has 1 fully saturated rings. The highest BCUT2D eigenvalue weighted by atomic mass is 16.5. The molecule has 7 heteroatoms. The summed E-state index contributed by atoms with van der Waals surface area (Å²) >= 11 is 0. The fraction of sp³-hybridized carbons (Fsp3) is 0.500. The first-order valence-electron chi connectivity index (χ1n) is 7.19. The maximum Gasteiger partial charge on any atom is 0.218 e. The molecule has 112 valence electrons. The van der Waals surface area contributed by atoms with Crippen LogP contribution in [-0.4, -0.2) is 52.5 Å². The molecule has 0 aromatic carbocycles. The van der Waals surface area contributed by atoms with E-state index < -0.39 is 0 Å². The van der Waals surface area contributed by atoms with Gasteiger partial charge < -0.3 is 14.5 Å². The summed E-state index contributed by atoms with van der Waals surface area (Å²) in [5.74, 6) is 1.57. The summed E-state index contributed by atoms with van der Waals surface area (Å²) in [4.78, 5) is 13.1. The molecular weight excluding hydrogens is 268 g/mol. The van der Waals surface area contributed by atoms with Crippen molar-refractivity contribution < 1.29 is 4.74 Å². The number of piperazine rings is 1. The van der Waals surface area contributed by atoms with Gasteiger partial charge in [-0.15, -0.1) is 0 Å². The van der Waals surface area contributed by atoms with Gasteiger partial charge in [-0.2, -0.15) is 5.10 Å². The highest BCUT2D eigenvalue weighted by Crippen LogP contribution is 2.20. The number of anilines is 2. The Labute approximate surface area is 124 Å². The molecule has 0 N–H and O–H groups in total. The molecule has 0 bridgehead atoms. The standard InChI is InChI=1S/C14H20N6O/c1-3-21-14-8-13(15-11-16-14)20-6-4-19(5-7-20)12-9-17-18(2)10-12/h8-11H,3-7H2,1-2H3. The summed E-state index contributed by atoms with van der Waals surface area (Å²) in [7, 11) is 1.94. The molecule has 3 rings (SSSR count). The summed E-state index contributed by atoms with van der Waals surface area (Å²) in [6, 6.07) is 1.91. The molecule has 0 aliphatic carbocycles. The maximum atomic E-state index is 5.43. The van der Waals surface area contributed by atoms with E-state index >= 15 is 0 Å². The molecule has 7 nitrogen and oxygen atoms in total. The predicted molar refractivity (Wildman–Crippen MR) is 80.8 cm³/mol. The second kappa shape index (κ2) is 5.99. The average Bonchev–Trinajstić information content (AvgIpc) is 2.95. The third-order valence-corrected chi connectivity index (χ3v) is 3.58. The third-order valence-electron chi connectivity index (χ3n) is 3.58. The van der Waals surface area contributed by atoms with Crippen molar-refractivity contribution in [1.82, 2.24) is 19.7 Å². The van der Waals surface area contributed by atoms with Gasteiger partial charge in [-0.05, 0) is 6.92 Å². The van der Waals surface area contributed by atoms with Crippen LogP contribution in [0.15, 0.2) is 24.8 Å². The molecule has 0 radical (unpaired) electrons. The van der Waals surface area contributed by atoms with Gasteiger partial charge in [0.05, 0.1) is 18.5 Å². The zero-order valence-electron chi connectivity index (χ0n) is 12.4.